The first-order valence-corrected chi connectivity index (χ1v) is 7.67. The zero-order valence-corrected chi connectivity index (χ0v) is 12.8. The van der Waals surface area contributed by atoms with Crippen LogP contribution in [0, 0.1) is 0 Å². The van der Waals surface area contributed by atoms with E-state index in [0.29, 0.717) is 12.5 Å². The Balaban J connectivity index is 1.60. The van der Waals surface area contributed by atoms with Crippen molar-refractivity contribution in [3.63, 3.8) is 0 Å². The molecule has 0 saturated carbocycles. The second-order valence-electron chi connectivity index (χ2n) is 5.32. The van der Waals surface area contributed by atoms with Crippen LogP contribution in [0.25, 0.3) is 0 Å². The predicted molar refractivity (Wildman–Crippen MR) is 83.6 cm³/mol. The number of hydrogen-bond acceptors (Lipinski definition) is 5. The molecule has 22 heavy (non-hydrogen) atoms. The van der Waals surface area contributed by atoms with Gasteiger partial charge in [0.15, 0.2) is 0 Å². The molecule has 0 aromatic carbocycles. The van der Waals surface area contributed by atoms with Crippen molar-refractivity contribution in [3.05, 3.63) is 54.0 Å². The van der Waals surface area contributed by atoms with Gasteiger partial charge in [0.05, 0.1) is 19.3 Å². The van der Waals surface area contributed by atoms with Gasteiger partial charge in [-0.25, -0.2) is 4.98 Å². The van der Waals surface area contributed by atoms with Crippen molar-refractivity contribution >= 4 is 0 Å². The first kappa shape index (κ1) is 14.9. The van der Waals surface area contributed by atoms with Gasteiger partial charge in [-0.15, -0.1) is 0 Å². The highest BCUT2D eigenvalue weighted by molar-refractivity contribution is 5.18. The van der Waals surface area contributed by atoms with Crippen LogP contribution in [0.15, 0.2) is 42.9 Å². The molecule has 5 heteroatoms. The number of morpholine rings is 1. The molecule has 0 spiro atoms. The average Bonchev–Trinajstić information content (AvgIpc) is 2.58. The van der Waals surface area contributed by atoms with Crippen LogP contribution >= 0.6 is 0 Å². The first-order valence-electron chi connectivity index (χ1n) is 7.67. The third-order valence-electron chi connectivity index (χ3n) is 3.70. The second kappa shape index (κ2) is 7.33. The molecule has 1 atom stereocenters. The molecule has 1 aliphatic heterocycles. The second-order valence-corrected chi connectivity index (χ2v) is 5.32. The Morgan fingerprint density at radius 3 is 3.00 bits per heavy atom. The van der Waals surface area contributed by atoms with Crippen LogP contribution in [0.1, 0.15) is 24.2 Å². The summed E-state index contributed by atoms with van der Waals surface area (Å²) in [4.78, 5) is 10.9. The van der Waals surface area contributed by atoms with E-state index in [2.05, 4.69) is 27.0 Å². The highest BCUT2D eigenvalue weighted by Crippen LogP contribution is 2.22. The number of aromatic nitrogens is 2. The van der Waals surface area contributed by atoms with E-state index in [4.69, 9.17) is 9.47 Å². The van der Waals surface area contributed by atoms with Crippen LogP contribution in [0.4, 0.5) is 0 Å². The fourth-order valence-corrected chi connectivity index (χ4v) is 2.61. The van der Waals surface area contributed by atoms with Gasteiger partial charge in [0, 0.05) is 49.9 Å². The summed E-state index contributed by atoms with van der Waals surface area (Å²) in [7, 11) is 0. The van der Waals surface area contributed by atoms with Gasteiger partial charge in [0.25, 0.3) is 0 Å². The normalized spacial score (nSPS) is 19.0. The minimum atomic E-state index is 0.0955. The maximum absolute atomic E-state index is 5.87. The van der Waals surface area contributed by atoms with Crippen molar-refractivity contribution in [3.8, 4) is 5.88 Å². The van der Waals surface area contributed by atoms with Crippen molar-refractivity contribution in [2.45, 2.75) is 19.6 Å². The van der Waals surface area contributed by atoms with Gasteiger partial charge < -0.3 is 9.47 Å². The van der Waals surface area contributed by atoms with Gasteiger partial charge in [0.2, 0.25) is 5.88 Å². The molecular weight excluding hydrogens is 278 g/mol. The molecule has 0 aliphatic carbocycles. The van der Waals surface area contributed by atoms with Gasteiger partial charge >= 0.3 is 0 Å². The third kappa shape index (κ3) is 3.81. The largest absolute Gasteiger partial charge is 0.478 e. The minimum Gasteiger partial charge on any atom is -0.478 e. The van der Waals surface area contributed by atoms with Gasteiger partial charge in [0.1, 0.15) is 0 Å². The van der Waals surface area contributed by atoms with Crippen LogP contribution in [-0.2, 0) is 11.3 Å². The third-order valence-corrected chi connectivity index (χ3v) is 3.70. The number of hydrogen-bond donors (Lipinski definition) is 0. The molecule has 0 bridgehead atoms. The molecule has 2 aromatic heterocycles. The summed E-state index contributed by atoms with van der Waals surface area (Å²) in [5.74, 6) is 0.682. The zero-order valence-electron chi connectivity index (χ0n) is 12.8. The van der Waals surface area contributed by atoms with E-state index < -0.39 is 0 Å². The highest BCUT2D eigenvalue weighted by atomic mass is 16.5. The van der Waals surface area contributed by atoms with Crippen molar-refractivity contribution in [1.82, 2.24) is 14.9 Å². The quantitative estimate of drug-likeness (QED) is 0.848. The molecule has 1 aliphatic rings. The Kier molecular flexibility index (Phi) is 4.98. The van der Waals surface area contributed by atoms with Gasteiger partial charge in [-0.1, -0.05) is 12.1 Å². The van der Waals surface area contributed by atoms with Crippen molar-refractivity contribution in [1.29, 1.82) is 0 Å². The summed E-state index contributed by atoms with van der Waals surface area (Å²) >= 11 is 0. The summed E-state index contributed by atoms with van der Waals surface area (Å²) in [6.07, 6.45) is 5.65. The zero-order chi connectivity index (χ0) is 15.2. The smallest absolute Gasteiger partial charge is 0.213 e. The summed E-state index contributed by atoms with van der Waals surface area (Å²) in [5, 5.41) is 0. The minimum absolute atomic E-state index is 0.0955. The van der Waals surface area contributed by atoms with E-state index in [1.807, 2.05) is 31.5 Å². The van der Waals surface area contributed by atoms with Crippen molar-refractivity contribution < 1.29 is 9.47 Å². The predicted octanol–water partition coefficient (Wildman–Crippen LogP) is 2.45. The lowest BCUT2D eigenvalue weighted by Gasteiger charge is -2.33. The summed E-state index contributed by atoms with van der Waals surface area (Å²) in [6.45, 7) is 6.02. The lowest BCUT2D eigenvalue weighted by molar-refractivity contribution is -0.0331. The Morgan fingerprint density at radius 2 is 2.27 bits per heavy atom. The molecule has 0 amide bonds. The fraction of sp³-hybridized carbons (Fsp3) is 0.412. The van der Waals surface area contributed by atoms with E-state index >= 15 is 0 Å². The highest BCUT2D eigenvalue weighted by Gasteiger charge is 2.22. The Morgan fingerprint density at radius 1 is 1.32 bits per heavy atom. The summed E-state index contributed by atoms with van der Waals surface area (Å²) < 4.78 is 11.2. The molecular formula is C17H21N3O2. The lowest BCUT2D eigenvalue weighted by atomic mass is 10.1. The van der Waals surface area contributed by atoms with E-state index in [-0.39, 0.29) is 6.10 Å². The molecule has 2 aromatic rings. The summed E-state index contributed by atoms with van der Waals surface area (Å²) in [5.41, 5.74) is 2.33. The van der Waals surface area contributed by atoms with Crippen LogP contribution in [-0.4, -0.2) is 41.2 Å². The molecule has 0 N–H and O–H groups in total. The van der Waals surface area contributed by atoms with Crippen LogP contribution in [0.2, 0.25) is 0 Å². The molecule has 116 valence electrons. The maximum atomic E-state index is 5.87. The van der Waals surface area contributed by atoms with E-state index in [1.165, 1.54) is 5.56 Å². The first-order chi connectivity index (χ1) is 10.8. The molecule has 0 radical (unpaired) electrons. The van der Waals surface area contributed by atoms with Crippen LogP contribution in [0.3, 0.4) is 0 Å². The maximum Gasteiger partial charge on any atom is 0.213 e. The number of pyridine rings is 2. The molecule has 1 fully saturated rings. The van der Waals surface area contributed by atoms with Gasteiger partial charge in [-0.05, 0) is 18.6 Å². The molecule has 1 saturated heterocycles. The number of ether oxygens (including phenoxy) is 2. The monoisotopic (exact) mass is 299 g/mol. The van der Waals surface area contributed by atoms with E-state index in [0.717, 1.165) is 31.8 Å². The van der Waals surface area contributed by atoms with E-state index in [1.54, 1.807) is 6.20 Å². The van der Waals surface area contributed by atoms with Gasteiger partial charge in [-0.3, -0.25) is 9.88 Å². The molecule has 1 unspecified atom stereocenters. The lowest BCUT2D eigenvalue weighted by Crippen LogP contribution is -2.37. The fourth-order valence-electron chi connectivity index (χ4n) is 2.61. The molecule has 3 heterocycles. The number of nitrogens with zero attached hydrogens (tertiary/aromatic N) is 3. The Labute approximate surface area is 130 Å². The van der Waals surface area contributed by atoms with Gasteiger partial charge in [-0.2, -0.15) is 0 Å². The number of rotatable bonds is 5. The molecule has 3 rings (SSSR count). The van der Waals surface area contributed by atoms with E-state index in [9.17, 15) is 0 Å². The topological polar surface area (TPSA) is 47.5 Å². The summed E-state index contributed by atoms with van der Waals surface area (Å²) in [6, 6.07) is 8.03. The van der Waals surface area contributed by atoms with Crippen LogP contribution in [0.5, 0.6) is 5.88 Å². The Bertz CT molecular complexity index is 574. The molecule has 5 nitrogen and oxygen atoms in total. The van der Waals surface area contributed by atoms with Crippen LogP contribution < -0.4 is 4.74 Å². The standard InChI is InChI=1S/C17H21N3O2/c1-2-21-17-6-5-14(10-19-17)12-20-8-9-22-16(13-20)15-4-3-7-18-11-15/h3-7,10-11,16H,2,8-9,12-13H2,1H3. The SMILES string of the molecule is CCOc1ccc(CN2CCOC(c3cccnc3)C2)cn1. The average molecular weight is 299 g/mol. The van der Waals surface area contributed by atoms with Crippen molar-refractivity contribution in [2.75, 3.05) is 26.3 Å². The Hall–Kier alpha value is -1.98. The van der Waals surface area contributed by atoms with Crippen molar-refractivity contribution in [2.24, 2.45) is 0 Å².